The van der Waals surface area contributed by atoms with E-state index in [0.29, 0.717) is 11.8 Å². The van der Waals surface area contributed by atoms with E-state index in [0.717, 1.165) is 42.0 Å². The lowest BCUT2D eigenvalue weighted by atomic mass is 9.78. The topological polar surface area (TPSA) is 0 Å². The normalized spacial score (nSPS) is 20.7. The lowest BCUT2D eigenvalue weighted by Crippen LogP contribution is -2.13. The Labute approximate surface area is 157 Å². The predicted octanol–water partition coefficient (Wildman–Crippen LogP) is 7.73. The first-order chi connectivity index (χ1) is 12.7. The zero-order chi connectivity index (χ0) is 18.4. The third-order valence-corrected chi connectivity index (χ3v) is 5.76. The number of rotatable bonds is 7. The van der Waals surface area contributed by atoms with E-state index < -0.39 is 0 Å². The summed E-state index contributed by atoms with van der Waals surface area (Å²) in [6, 6.07) is 10.3. The first-order valence-corrected chi connectivity index (χ1v) is 10.2. The maximum Gasteiger partial charge on any atom is 0.134 e. The molecule has 1 aliphatic carbocycles. The molecule has 1 heteroatoms. The Morgan fingerprint density at radius 1 is 1.08 bits per heavy atom. The number of aryl methyl sites for hydroxylation is 1. The lowest BCUT2D eigenvalue weighted by Gasteiger charge is -2.27. The molecule has 0 amide bonds. The SMILES string of the molecule is C=CCCc1ccc2c(F)c(C3CCC(/C=C/CCC)CC3)ccc2c1. The maximum absolute atomic E-state index is 15.2. The Bertz CT molecular complexity index is 763. The average Bonchev–Trinajstić information content (AvgIpc) is 2.67. The molecule has 0 bridgehead atoms. The minimum absolute atomic E-state index is 0.00254. The molecule has 1 saturated carbocycles. The summed E-state index contributed by atoms with van der Waals surface area (Å²) in [6.45, 7) is 5.99. The van der Waals surface area contributed by atoms with E-state index in [-0.39, 0.29) is 5.82 Å². The van der Waals surface area contributed by atoms with Crippen LogP contribution in [0, 0.1) is 11.7 Å². The van der Waals surface area contributed by atoms with Gasteiger partial charge in [0, 0.05) is 5.39 Å². The molecule has 0 radical (unpaired) electrons. The molecule has 1 fully saturated rings. The van der Waals surface area contributed by atoms with E-state index >= 15 is 4.39 Å². The molecule has 1 aliphatic rings. The zero-order valence-electron chi connectivity index (χ0n) is 16.0. The van der Waals surface area contributed by atoms with Crippen molar-refractivity contribution in [2.45, 2.75) is 64.2 Å². The number of allylic oxidation sites excluding steroid dienone is 3. The Balaban J connectivity index is 1.73. The summed E-state index contributed by atoms with van der Waals surface area (Å²) < 4.78 is 15.2. The van der Waals surface area contributed by atoms with Crippen molar-refractivity contribution in [3.63, 3.8) is 0 Å². The van der Waals surface area contributed by atoms with Gasteiger partial charge in [0.2, 0.25) is 0 Å². The van der Waals surface area contributed by atoms with Crippen molar-refractivity contribution in [2.75, 3.05) is 0 Å². The Hall–Kier alpha value is -1.89. The fourth-order valence-electron chi connectivity index (χ4n) is 4.18. The van der Waals surface area contributed by atoms with E-state index in [1.807, 2.05) is 18.2 Å². The van der Waals surface area contributed by atoms with Gasteiger partial charge in [-0.05, 0) is 73.3 Å². The van der Waals surface area contributed by atoms with Crippen molar-refractivity contribution in [1.29, 1.82) is 0 Å². The number of halogens is 1. The largest absolute Gasteiger partial charge is 0.206 e. The molecule has 3 rings (SSSR count). The molecule has 0 aromatic heterocycles. The van der Waals surface area contributed by atoms with E-state index in [2.05, 4.69) is 43.9 Å². The molecule has 0 nitrogen and oxygen atoms in total. The molecule has 2 aromatic carbocycles. The summed E-state index contributed by atoms with van der Waals surface area (Å²) in [5.74, 6) is 1.06. The third-order valence-electron chi connectivity index (χ3n) is 5.76. The van der Waals surface area contributed by atoms with E-state index in [9.17, 15) is 0 Å². The van der Waals surface area contributed by atoms with E-state index in [1.165, 1.54) is 31.2 Å². The molecule has 0 atom stereocenters. The zero-order valence-corrected chi connectivity index (χ0v) is 16.0. The molecular weight excluding hydrogens is 319 g/mol. The third kappa shape index (κ3) is 4.44. The summed E-state index contributed by atoms with van der Waals surface area (Å²) >= 11 is 0. The Morgan fingerprint density at radius 3 is 2.62 bits per heavy atom. The number of hydrogen-bond donors (Lipinski definition) is 0. The van der Waals surface area contributed by atoms with Crippen LogP contribution in [0.2, 0.25) is 0 Å². The molecule has 0 aliphatic heterocycles. The average molecular weight is 351 g/mol. The van der Waals surface area contributed by atoms with Crippen molar-refractivity contribution in [3.8, 4) is 0 Å². The summed E-state index contributed by atoms with van der Waals surface area (Å²) in [5.41, 5.74) is 2.18. The van der Waals surface area contributed by atoms with Crippen LogP contribution < -0.4 is 0 Å². The summed E-state index contributed by atoms with van der Waals surface area (Å²) in [7, 11) is 0. The van der Waals surface area contributed by atoms with Crippen LogP contribution >= 0.6 is 0 Å². The molecule has 0 N–H and O–H groups in total. The quantitative estimate of drug-likeness (QED) is 0.448. The highest BCUT2D eigenvalue weighted by molar-refractivity contribution is 5.84. The molecule has 26 heavy (non-hydrogen) atoms. The van der Waals surface area contributed by atoms with Crippen LogP contribution in [0.3, 0.4) is 0 Å². The highest BCUT2D eigenvalue weighted by atomic mass is 19.1. The highest BCUT2D eigenvalue weighted by Crippen LogP contribution is 2.39. The van der Waals surface area contributed by atoms with Gasteiger partial charge in [0.15, 0.2) is 0 Å². The number of unbranched alkanes of at least 4 members (excludes halogenated alkanes) is 1. The van der Waals surface area contributed by atoms with Gasteiger partial charge in [-0.1, -0.05) is 61.9 Å². The maximum atomic E-state index is 15.2. The molecule has 0 unspecified atom stereocenters. The Kier molecular flexibility index (Phi) is 6.66. The van der Waals surface area contributed by atoms with Gasteiger partial charge < -0.3 is 0 Å². The van der Waals surface area contributed by atoms with Crippen LogP contribution in [0.4, 0.5) is 4.39 Å². The van der Waals surface area contributed by atoms with Crippen LogP contribution in [0.1, 0.15) is 68.9 Å². The fraction of sp³-hybridized carbons (Fsp3) is 0.440. The second kappa shape index (κ2) is 9.16. The van der Waals surface area contributed by atoms with Gasteiger partial charge in [-0.2, -0.15) is 0 Å². The number of fused-ring (bicyclic) bond motifs is 1. The number of benzene rings is 2. The van der Waals surface area contributed by atoms with Gasteiger partial charge in [0.05, 0.1) is 0 Å². The van der Waals surface area contributed by atoms with Gasteiger partial charge in [-0.3, -0.25) is 0 Å². The van der Waals surface area contributed by atoms with Crippen LogP contribution in [0.15, 0.2) is 55.1 Å². The van der Waals surface area contributed by atoms with Gasteiger partial charge in [-0.25, -0.2) is 4.39 Å². The van der Waals surface area contributed by atoms with Gasteiger partial charge >= 0.3 is 0 Å². The summed E-state index contributed by atoms with van der Waals surface area (Å²) in [4.78, 5) is 0. The van der Waals surface area contributed by atoms with Crippen molar-refractivity contribution in [3.05, 3.63) is 72.1 Å². The summed E-state index contributed by atoms with van der Waals surface area (Å²) in [5, 5.41) is 1.79. The predicted molar refractivity (Wildman–Crippen MR) is 111 cm³/mol. The molecule has 2 aromatic rings. The second-order valence-corrected chi connectivity index (χ2v) is 7.68. The molecule has 138 valence electrons. The van der Waals surface area contributed by atoms with Crippen molar-refractivity contribution >= 4 is 10.8 Å². The Morgan fingerprint density at radius 2 is 1.88 bits per heavy atom. The first-order valence-electron chi connectivity index (χ1n) is 10.2. The van der Waals surface area contributed by atoms with Crippen LogP contribution in [0.5, 0.6) is 0 Å². The minimum atomic E-state index is 0.00254. The first kappa shape index (κ1) is 18.9. The number of hydrogen-bond acceptors (Lipinski definition) is 0. The van der Waals surface area contributed by atoms with Gasteiger partial charge in [0.1, 0.15) is 5.82 Å². The van der Waals surface area contributed by atoms with Crippen molar-refractivity contribution < 1.29 is 4.39 Å². The minimum Gasteiger partial charge on any atom is -0.206 e. The molecule has 0 heterocycles. The van der Waals surface area contributed by atoms with Gasteiger partial charge in [0.25, 0.3) is 0 Å². The van der Waals surface area contributed by atoms with Crippen LogP contribution in [-0.2, 0) is 6.42 Å². The fourth-order valence-corrected chi connectivity index (χ4v) is 4.18. The van der Waals surface area contributed by atoms with Crippen molar-refractivity contribution in [1.82, 2.24) is 0 Å². The van der Waals surface area contributed by atoms with E-state index in [1.54, 1.807) is 0 Å². The second-order valence-electron chi connectivity index (χ2n) is 7.68. The van der Waals surface area contributed by atoms with Crippen LogP contribution in [0.25, 0.3) is 10.8 Å². The van der Waals surface area contributed by atoms with E-state index in [4.69, 9.17) is 0 Å². The molecule has 0 spiro atoms. The smallest absolute Gasteiger partial charge is 0.134 e. The molecule has 0 saturated heterocycles. The highest BCUT2D eigenvalue weighted by Gasteiger charge is 2.23. The lowest BCUT2D eigenvalue weighted by molar-refractivity contribution is 0.368. The standard InChI is InChI=1S/C25H31F/c1-3-5-7-9-19-10-13-21(14-11-19)23-17-15-22-18-20(8-6-4-2)12-16-24(22)25(23)26/h4,7,9,12,15-19,21H,2-3,5-6,8,10-11,13-14H2,1H3/b9-7+. The van der Waals surface area contributed by atoms with Gasteiger partial charge in [-0.15, -0.1) is 6.58 Å². The summed E-state index contributed by atoms with van der Waals surface area (Å²) in [6.07, 6.45) is 15.5. The molecular formula is C25H31F. The van der Waals surface area contributed by atoms with Crippen molar-refractivity contribution in [2.24, 2.45) is 5.92 Å². The van der Waals surface area contributed by atoms with Crippen LogP contribution in [-0.4, -0.2) is 0 Å². The monoisotopic (exact) mass is 350 g/mol.